The first-order valence-corrected chi connectivity index (χ1v) is 8.74. The Morgan fingerprint density at radius 3 is 2.44 bits per heavy atom. The van der Waals surface area contributed by atoms with Crippen molar-refractivity contribution in [3.8, 4) is 11.5 Å². The van der Waals surface area contributed by atoms with E-state index in [4.69, 9.17) is 37.4 Å². The normalized spacial score (nSPS) is 11.4. The zero-order valence-corrected chi connectivity index (χ0v) is 16.6. The van der Waals surface area contributed by atoms with Gasteiger partial charge in [0.15, 0.2) is 6.61 Å². The van der Waals surface area contributed by atoms with Gasteiger partial charge in [0.1, 0.15) is 17.1 Å². The smallest absolute Gasteiger partial charge is 0.342 e. The average Bonchev–Trinajstić information content (AvgIpc) is 2.65. The van der Waals surface area contributed by atoms with Gasteiger partial charge < -0.3 is 19.5 Å². The van der Waals surface area contributed by atoms with Crippen LogP contribution in [0.3, 0.4) is 0 Å². The van der Waals surface area contributed by atoms with Gasteiger partial charge in [0, 0.05) is 16.1 Å². The number of esters is 1. The molecule has 6 nitrogen and oxygen atoms in total. The fraction of sp³-hybridized carbons (Fsp3) is 0.263. The SMILES string of the molecule is COc1ccc(C(=O)OCC(=O)NC(C)c2ccc(Cl)cc2Cl)c(OC)c1. The zero-order chi connectivity index (χ0) is 20.0. The summed E-state index contributed by atoms with van der Waals surface area (Å²) in [6, 6.07) is 9.29. The molecule has 0 aromatic heterocycles. The number of benzene rings is 2. The molecule has 1 atom stereocenters. The van der Waals surface area contributed by atoms with Gasteiger partial charge in [-0.2, -0.15) is 0 Å². The van der Waals surface area contributed by atoms with E-state index in [9.17, 15) is 9.59 Å². The zero-order valence-electron chi connectivity index (χ0n) is 15.0. The molecular weight excluding hydrogens is 393 g/mol. The van der Waals surface area contributed by atoms with E-state index in [1.54, 1.807) is 37.3 Å². The molecule has 2 rings (SSSR count). The molecule has 144 valence electrons. The molecule has 8 heteroatoms. The van der Waals surface area contributed by atoms with Crippen LogP contribution in [0.4, 0.5) is 0 Å². The van der Waals surface area contributed by atoms with Gasteiger partial charge in [0.05, 0.1) is 20.3 Å². The monoisotopic (exact) mass is 411 g/mol. The van der Waals surface area contributed by atoms with Gasteiger partial charge >= 0.3 is 5.97 Å². The second kappa shape index (κ2) is 9.48. The molecule has 0 saturated heterocycles. The maximum Gasteiger partial charge on any atom is 0.342 e. The van der Waals surface area contributed by atoms with E-state index in [1.807, 2.05) is 0 Å². The average molecular weight is 412 g/mol. The van der Waals surface area contributed by atoms with Crippen molar-refractivity contribution in [2.45, 2.75) is 13.0 Å². The third-order valence-electron chi connectivity index (χ3n) is 3.77. The van der Waals surface area contributed by atoms with E-state index < -0.39 is 18.5 Å². The lowest BCUT2D eigenvalue weighted by Gasteiger charge is -2.16. The van der Waals surface area contributed by atoms with E-state index in [-0.39, 0.29) is 11.6 Å². The fourth-order valence-electron chi connectivity index (χ4n) is 2.39. The van der Waals surface area contributed by atoms with Gasteiger partial charge in [-0.1, -0.05) is 29.3 Å². The molecule has 0 heterocycles. The van der Waals surface area contributed by atoms with Crippen LogP contribution in [0.2, 0.25) is 10.0 Å². The molecule has 0 bridgehead atoms. The molecule has 1 N–H and O–H groups in total. The number of halogens is 2. The van der Waals surface area contributed by atoms with Crippen molar-refractivity contribution >= 4 is 35.1 Å². The highest BCUT2D eigenvalue weighted by Crippen LogP contribution is 2.26. The first kappa shape index (κ1) is 20.9. The van der Waals surface area contributed by atoms with Crippen molar-refractivity contribution in [1.82, 2.24) is 5.32 Å². The summed E-state index contributed by atoms with van der Waals surface area (Å²) in [4.78, 5) is 24.3. The summed E-state index contributed by atoms with van der Waals surface area (Å²) in [5.74, 6) is -0.313. The lowest BCUT2D eigenvalue weighted by Crippen LogP contribution is -2.31. The number of hydrogen-bond donors (Lipinski definition) is 1. The molecule has 0 aliphatic heterocycles. The van der Waals surface area contributed by atoms with E-state index in [0.29, 0.717) is 27.1 Å². The lowest BCUT2D eigenvalue weighted by atomic mass is 10.1. The summed E-state index contributed by atoms with van der Waals surface area (Å²) in [7, 11) is 2.93. The van der Waals surface area contributed by atoms with Crippen LogP contribution < -0.4 is 14.8 Å². The Morgan fingerprint density at radius 2 is 1.81 bits per heavy atom. The Hall–Kier alpha value is -2.44. The van der Waals surface area contributed by atoms with Crippen LogP contribution in [0, 0.1) is 0 Å². The van der Waals surface area contributed by atoms with Gasteiger partial charge in [0.25, 0.3) is 5.91 Å². The predicted octanol–water partition coefficient (Wildman–Crippen LogP) is 4.04. The van der Waals surface area contributed by atoms with E-state index in [2.05, 4.69) is 5.32 Å². The maximum absolute atomic E-state index is 12.2. The number of nitrogens with one attached hydrogen (secondary N) is 1. The third kappa shape index (κ3) is 5.52. The number of hydrogen-bond acceptors (Lipinski definition) is 5. The highest BCUT2D eigenvalue weighted by atomic mass is 35.5. The summed E-state index contributed by atoms with van der Waals surface area (Å²) in [5.41, 5.74) is 0.900. The molecule has 1 unspecified atom stereocenters. The number of carbonyl (C=O) groups is 2. The van der Waals surface area contributed by atoms with Crippen molar-refractivity contribution in [2.24, 2.45) is 0 Å². The Bertz CT molecular complexity index is 841. The van der Waals surface area contributed by atoms with Crippen LogP contribution >= 0.6 is 23.2 Å². The summed E-state index contributed by atoms with van der Waals surface area (Å²) >= 11 is 12.0. The molecule has 0 aliphatic rings. The number of rotatable bonds is 7. The Labute approximate surface area is 167 Å². The Balaban J connectivity index is 1.96. The largest absolute Gasteiger partial charge is 0.497 e. The van der Waals surface area contributed by atoms with Crippen molar-refractivity contribution in [3.05, 3.63) is 57.6 Å². The van der Waals surface area contributed by atoms with E-state index in [1.165, 1.54) is 20.3 Å². The molecule has 0 fully saturated rings. The molecule has 0 aliphatic carbocycles. The van der Waals surface area contributed by atoms with Gasteiger partial charge in [-0.25, -0.2) is 4.79 Å². The molecule has 27 heavy (non-hydrogen) atoms. The minimum absolute atomic E-state index is 0.194. The first-order valence-electron chi connectivity index (χ1n) is 7.99. The van der Waals surface area contributed by atoms with Crippen LogP contribution in [0.1, 0.15) is 28.9 Å². The van der Waals surface area contributed by atoms with Crippen LogP contribution in [-0.2, 0) is 9.53 Å². The number of carbonyl (C=O) groups excluding carboxylic acids is 2. The molecule has 2 aromatic carbocycles. The Morgan fingerprint density at radius 1 is 1.07 bits per heavy atom. The predicted molar refractivity (Wildman–Crippen MR) is 103 cm³/mol. The maximum atomic E-state index is 12.2. The minimum Gasteiger partial charge on any atom is -0.497 e. The number of methoxy groups -OCH3 is 2. The van der Waals surface area contributed by atoms with Crippen molar-refractivity contribution in [1.29, 1.82) is 0 Å². The molecular formula is C19H19Cl2NO5. The first-order chi connectivity index (χ1) is 12.8. The van der Waals surface area contributed by atoms with Crippen molar-refractivity contribution in [2.75, 3.05) is 20.8 Å². The Kier molecular flexibility index (Phi) is 7.33. The summed E-state index contributed by atoms with van der Waals surface area (Å²) in [5, 5.41) is 3.66. The number of ether oxygens (including phenoxy) is 3. The fourth-order valence-corrected chi connectivity index (χ4v) is 2.96. The van der Waals surface area contributed by atoms with Gasteiger partial charge in [-0.05, 0) is 36.8 Å². The molecule has 0 radical (unpaired) electrons. The molecule has 2 aromatic rings. The number of amides is 1. The van der Waals surface area contributed by atoms with Crippen LogP contribution in [0.25, 0.3) is 0 Å². The van der Waals surface area contributed by atoms with Crippen molar-refractivity contribution in [3.63, 3.8) is 0 Å². The quantitative estimate of drug-likeness (QED) is 0.695. The van der Waals surface area contributed by atoms with Gasteiger partial charge in [0.2, 0.25) is 0 Å². The molecule has 0 saturated carbocycles. The standard InChI is InChI=1S/C19H19Cl2NO5/c1-11(14-6-4-12(20)8-16(14)21)22-18(23)10-27-19(24)15-7-5-13(25-2)9-17(15)26-3/h4-9,11H,10H2,1-3H3,(H,22,23). The second-order valence-corrected chi connectivity index (χ2v) is 6.44. The van der Waals surface area contributed by atoms with E-state index >= 15 is 0 Å². The van der Waals surface area contributed by atoms with E-state index in [0.717, 1.165) is 0 Å². The molecule has 1 amide bonds. The molecule has 0 spiro atoms. The summed E-state index contributed by atoms with van der Waals surface area (Å²) in [6.07, 6.45) is 0. The third-order valence-corrected chi connectivity index (χ3v) is 4.33. The van der Waals surface area contributed by atoms with Gasteiger partial charge in [-0.15, -0.1) is 0 Å². The van der Waals surface area contributed by atoms with Crippen LogP contribution in [0.15, 0.2) is 36.4 Å². The highest BCUT2D eigenvalue weighted by molar-refractivity contribution is 6.35. The lowest BCUT2D eigenvalue weighted by molar-refractivity contribution is -0.124. The highest BCUT2D eigenvalue weighted by Gasteiger charge is 2.18. The summed E-state index contributed by atoms with van der Waals surface area (Å²) in [6.45, 7) is 1.32. The van der Waals surface area contributed by atoms with Crippen molar-refractivity contribution < 1.29 is 23.8 Å². The topological polar surface area (TPSA) is 73.9 Å². The van der Waals surface area contributed by atoms with Crippen LogP contribution in [0.5, 0.6) is 11.5 Å². The van der Waals surface area contributed by atoms with Gasteiger partial charge in [-0.3, -0.25) is 4.79 Å². The summed E-state index contributed by atoms with van der Waals surface area (Å²) < 4.78 is 15.3. The van der Waals surface area contributed by atoms with Crippen LogP contribution in [-0.4, -0.2) is 32.7 Å². The minimum atomic E-state index is -0.679. The second-order valence-electron chi connectivity index (χ2n) is 5.60.